The number of nitrogens with zero attached hydrogens (tertiary/aromatic N) is 5. The smallest absolute Gasteiger partial charge is 0.232 e. The fraction of sp³-hybridized carbons (Fsp3) is 0.0952. The summed E-state index contributed by atoms with van der Waals surface area (Å²) in [5, 5.41) is 35.2. The summed E-state index contributed by atoms with van der Waals surface area (Å²) in [5.41, 5.74) is 0.910. The molecule has 0 aliphatic rings. The minimum Gasteiger partial charge on any atom is -0.505 e. The minimum atomic E-state index is -3.36. The Morgan fingerprint density at radius 1 is 1.03 bits per heavy atom. The van der Waals surface area contributed by atoms with Crippen molar-refractivity contribution in [2.45, 2.75) is 16.7 Å². The molecule has 0 saturated carbocycles. The molecular formula is C21H16Cl2N6O6S2. The van der Waals surface area contributed by atoms with E-state index >= 15 is 0 Å². The lowest BCUT2D eigenvalue weighted by Crippen LogP contribution is -2.02. The van der Waals surface area contributed by atoms with E-state index in [2.05, 4.69) is 39.9 Å². The van der Waals surface area contributed by atoms with Crippen LogP contribution in [0.1, 0.15) is 6.92 Å². The summed E-state index contributed by atoms with van der Waals surface area (Å²) in [5.74, 6) is -0.141. The second kappa shape index (κ2) is 11.5. The number of anilines is 2. The van der Waals surface area contributed by atoms with Gasteiger partial charge in [0.1, 0.15) is 5.69 Å². The van der Waals surface area contributed by atoms with Crippen molar-refractivity contribution >= 4 is 78.9 Å². The van der Waals surface area contributed by atoms with Gasteiger partial charge < -0.3 is 10.4 Å². The number of benzene rings is 3. The summed E-state index contributed by atoms with van der Waals surface area (Å²) < 4.78 is 28.6. The molecule has 37 heavy (non-hydrogen) atoms. The van der Waals surface area contributed by atoms with E-state index in [0.29, 0.717) is 34.2 Å². The zero-order chi connectivity index (χ0) is 26.6. The van der Waals surface area contributed by atoms with Gasteiger partial charge >= 0.3 is 0 Å². The van der Waals surface area contributed by atoms with Crippen molar-refractivity contribution in [1.29, 1.82) is 0 Å². The van der Waals surface area contributed by atoms with Gasteiger partial charge in [-0.1, -0.05) is 12.0 Å². The van der Waals surface area contributed by atoms with E-state index in [4.69, 9.17) is 28.5 Å². The van der Waals surface area contributed by atoms with E-state index in [1.807, 2.05) is 0 Å². The van der Waals surface area contributed by atoms with E-state index < -0.39 is 9.84 Å². The molecule has 0 bridgehead atoms. The number of azo groups is 1. The van der Waals surface area contributed by atoms with Crippen molar-refractivity contribution in [3.8, 4) is 5.75 Å². The highest BCUT2D eigenvalue weighted by Gasteiger charge is 2.16. The Labute approximate surface area is 224 Å². The number of halogens is 2. The van der Waals surface area contributed by atoms with Crippen molar-refractivity contribution in [3.63, 3.8) is 0 Å². The molecule has 0 spiro atoms. The highest BCUT2D eigenvalue weighted by atomic mass is 35.5. The number of fused-ring (bicyclic) bond motifs is 1. The third-order valence-corrected chi connectivity index (χ3v) is 7.59. The molecule has 12 nitrogen and oxygen atoms in total. The minimum absolute atomic E-state index is 0.0246. The van der Waals surface area contributed by atoms with Crippen LogP contribution in [0.5, 0.6) is 5.75 Å². The van der Waals surface area contributed by atoms with Crippen LogP contribution in [0.2, 0.25) is 10.6 Å². The Morgan fingerprint density at radius 2 is 1.73 bits per heavy atom. The van der Waals surface area contributed by atoms with Crippen molar-refractivity contribution in [1.82, 2.24) is 15.0 Å². The van der Waals surface area contributed by atoms with Gasteiger partial charge in [0.2, 0.25) is 16.5 Å². The highest BCUT2D eigenvalue weighted by molar-refractivity contribution is 7.94. The molecule has 0 atom stereocenters. The summed E-state index contributed by atoms with van der Waals surface area (Å²) in [6.45, 7) is 1.56. The van der Waals surface area contributed by atoms with Crippen molar-refractivity contribution in [3.05, 3.63) is 59.1 Å². The summed E-state index contributed by atoms with van der Waals surface area (Å²) in [6, 6.07) is 12.4. The predicted molar refractivity (Wildman–Crippen MR) is 138 cm³/mol. The first-order valence-electron chi connectivity index (χ1n) is 10.2. The normalized spacial score (nSPS) is 11.9. The lowest BCUT2D eigenvalue weighted by molar-refractivity contribution is -0.432. The number of aromatic nitrogens is 3. The zero-order valence-electron chi connectivity index (χ0n) is 18.7. The number of hydrogen-bond acceptors (Lipinski definition) is 13. The van der Waals surface area contributed by atoms with Gasteiger partial charge in [-0.2, -0.15) is 20.1 Å². The van der Waals surface area contributed by atoms with Gasteiger partial charge in [0.05, 0.1) is 33.3 Å². The summed E-state index contributed by atoms with van der Waals surface area (Å²) in [6.07, 6.45) is 0. The van der Waals surface area contributed by atoms with Gasteiger partial charge in [0.15, 0.2) is 15.6 Å². The SMILES string of the molecule is CCS(=O)(=O)c1ccc(/N=N/c2c(SOOO)cc3cc(Nc4nc(Cl)nc(Cl)n4)ccc3c2O)cc1. The molecule has 4 rings (SSSR count). The first-order valence-corrected chi connectivity index (χ1v) is 13.4. The molecule has 0 aliphatic heterocycles. The molecule has 3 aromatic carbocycles. The molecule has 3 N–H and O–H groups in total. The third kappa shape index (κ3) is 6.42. The molecular weight excluding hydrogens is 567 g/mol. The molecule has 192 valence electrons. The first kappa shape index (κ1) is 26.9. The molecule has 1 heterocycles. The second-order valence-corrected chi connectivity index (χ2v) is 10.9. The Bertz CT molecular complexity index is 1570. The van der Waals surface area contributed by atoms with Crippen molar-refractivity contribution in [2.75, 3.05) is 11.1 Å². The average Bonchev–Trinajstić information content (AvgIpc) is 2.86. The zero-order valence-corrected chi connectivity index (χ0v) is 21.8. The number of phenolic OH excluding ortho intramolecular Hbond substituents is 1. The van der Waals surface area contributed by atoms with E-state index in [0.717, 1.165) is 0 Å². The maximum Gasteiger partial charge on any atom is 0.232 e. The first-order chi connectivity index (χ1) is 17.7. The van der Waals surface area contributed by atoms with Crippen molar-refractivity contribution in [2.24, 2.45) is 10.2 Å². The molecule has 0 radical (unpaired) electrons. The summed E-state index contributed by atoms with van der Waals surface area (Å²) >= 11 is 12.2. The maximum absolute atomic E-state index is 12.0. The highest BCUT2D eigenvalue weighted by Crippen LogP contribution is 2.44. The average molecular weight is 583 g/mol. The fourth-order valence-electron chi connectivity index (χ4n) is 3.15. The maximum atomic E-state index is 12.0. The lowest BCUT2D eigenvalue weighted by Gasteiger charge is -2.11. The van der Waals surface area contributed by atoms with E-state index in [-0.39, 0.29) is 43.5 Å². The van der Waals surface area contributed by atoms with Gasteiger partial charge in [0, 0.05) is 11.1 Å². The number of aromatic hydroxyl groups is 1. The molecule has 0 fully saturated rings. The van der Waals surface area contributed by atoms with Crippen LogP contribution >= 0.6 is 35.2 Å². The van der Waals surface area contributed by atoms with Crippen LogP contribution < -0.4 is 5.32 Å². The number of sulfone groups is 1. The Kier molecular flexibility index (Phi) is 8.39. The predicted octanol–water partition coefficient (Wildman–Crippen LogP) is 6.42. The quantitative estimate of drug-likeness (QED) is 0.0860. The number of hydrogen-bond donors (Lipinski definition) is 3. The number of nitrogens with one attached hydrogen (secondary N) is 1. The van der Waals surface area contributed by atoms with E-state index in [1.54, 1.807) is 31.2 Å². The molecule has 16 heteroatoms. The molecule has 0 amide bonds. The number of phenols is 1. The van der Waals surface area contributed by atoms with Gasteiger partial charge in [0.25, 0.3) is 0 Å². The molecule has 0 unspecified atom stereocenters. The summed E-state index contributed by atoms with van der Waals surface area (Å²) in [4.78, 5) is 12.0. The molecule has 0 saturated heterocycles. The van der Waals surface area contributed by atoms with E-state index in [1.165, 1.54) is 24.3 Å². The summed E-state index contributed by atoms with van der Waals surface area (Å²) in [7, 11) is -3.36. The van der Waals surface area contributed by atoms with Gasteiger partial charge in [-0.15, -0.1) is 9.45 Å². The third-order valence-electron chi connectivity index (χ3n) is 4.88. The second-order valence-electron chi connectivity index (χ2n) is 7.15. The standard InChI is InChI=1S/C21H16Cl2N6O6S2/c1-2-37(32,33)14-6-3-12(4-7-14)28-29-17-16(36-35-34-31)10-11-9-13(5-8-15(11)18(17)30)24-21-26-19(22)25-20(23)27-21/h3-10,30-31H,2H2,1H3,(H,24,25,26,27)/b29-28+. The Morgan fingerprint density at radius 3 is 2.38 bits per heavy atom. The Hall–Kier alpha value is -3.11. The monoisotopic (exact) mass is 582 g/mol. The molecule has 1 aromatic heterocycles. The van der Waals surface area contributed by atoms with Crippen LogP contribution in [-0.4, -0.2) is 39.5 Å². The van der Waals surface area contributed by atoms with Crippen LogP contribution in [-0.2, 0) is 19.2 Å². The fourth-order valence-corrected chi connectivity index (χ4v) is 4.89. The van der Waals surface area contributed by atoms with Gasteiger partial charge in [-0.3, -0.25) is 0 Å². The largest absolute Gasteiger partial charge is 0.505 e. The van der Waals surface area contributed by atoms with Crippen LogP contribution in [0.15, 0.2) is 68.6 Å². The number of rotatable bonds is 9. The topological polar surface area (TPSA) is 168 Å². The van der Waals surface area contributed by atoms with Gasteiger partial charge in [-0.05, 0) is 77.1 Å². The lowest BCUT2D eigenvalue weighted by atomic mass is 10.1. The Balaban J connectivity index is 1.69. The molecule has 0 aliphatic carbocycles. The van der Waals surface area contributed by atoms with Crippen LogP contribution in [0.3, 0.4) is 0 Å². The molecule has 4 aromatic rings. The van der Waals surface area contributed by atoms with Crippen LogP contribution in [0.25, 0.3) is 10.8 Å². The van der Waals surface area contributed by atoms with Gasteiger partial charge in [-0.25, -0.2) is 13.7 Å². The van der Waals surface area contributed by atoms with Crippen LogP contribution in [0.4, 0.5) is 23.0 Å². The van der Waals surface area contributed by atoms with Crippen LogP contribution in [0, 0.1) is 0 Å². The van der Waals surface area contributed by atoms with E-state index in [9.17, 15) is 13.5 Å². The van der Waals surface area contributed by atoms with Crippen molar-refractivity contribution < 1.29 is 28.2 Å².